The van der Waals surface area contributed by atoms with E-state index >= 15 is 0 Å². The number of ketones is 1. The molecule has 0 spiro atoms. The average molecular weight is 330 g/mol. The molecule has 0 aliphatic heterocycles. The first-order valence-electron chi connectivity index (χ1n) is 9.82. The van der Waals surface area contributed by atoms with E-state index in [1.54, 1.807) is 0 Å². The van der Waals surface area contributed by atoms with Gasteiger partial charge < -0.3 is 4.74 Å². The predicted octanol–water partition coefficient (Wildman–Crippen LogP) is 4.45. The van der Waals surface area contributed by atoms with Crippen molar-refractivity contribution in [2.24, 2.45) is 28.6 Å². The highest BCUT2D eigenvalue weighted by molar-refractivity contribution is 5.94. The van der Waals surface area contributed by atoms with Gasteiger partial charge in [0.1, 0.15) is 6.10 Å². The molecule has 3 saturated carbocycles. The van der Waals surface area contributed by atoms with Gasteiger partial charge in [-0.3, -0.25) is 9.59 Å². The van der Waals surface area contributed by atoms with Crippen molar-refractivity contribution in [2.75, 3.05) is 0 Å². The summed E-state index contributed by atoms with van der Waals surface area (Å²) in [5.41, 5.74) is 1.68. The van der Waals surface area contributed by atoms with E-state index in [1.807, 2.05) is 13.0 Å². The SMILES string of the molecule is CCC(=O)O[C@@H]1CC[C@H]2[C@H]3CCC4=CC(=O)C[C@@]4(C)[C@@H]3CC[C@]12C. The Kier molecular flexibility index (Phi) is 3.71. The number of rotatable bonds is 2. The molecule has 4 aliphatic carbocycles. The van der Waals surface area contributed by atoms with Gasteiger partial charge in [0.25, 0.3) is 0 Å². The molecule has 24 heavy (non-hydrogen) atoms. The Morgan fingerprint density at radius 2 is 2.00 bits per heavy atom. The summed E-state index contributed by atoms with van der Waals surface area (Å²) in [7, 11) is 0. The molecular weight excluding hydrogens is 300 g/mol. The third-order valence-corrected chi connectivity index (χ3v) is 8.09. The van der Waals surface area contributed by atoms with Gasteiger partial charge in [-0.15, -0.1) is 0 Å². The Hall–Kier alpha value is -1.12. The Balaban J connectivity index is 1.59. The van der Waals surface area contributed by atoms with Gasteiger partial charge in [-0.25, -0.2) is 0 Å². The minimum atomic E-state index is -0.0498. The first kappa shape index (κ1) is 16.4. The first-order chi connectivity index (χ1) is 11.4. The fourth-order valence-electron chi connectivity index (χ4n) is 6.80. The van der Waals surface area contributed by atoms with Crippen molar-refractivity contribution in [2.45, 2.75) is 78.2 Å². The van der Waals surface area contributed by atoms with Gasteiger partial charge in [0, 0.05) is 18.3 Å². The second kappa shape index (κ2) is 5.44. The van der Waals surface area contributed by atoms with Crippen LogP contribution in [-0.4, -0.2) is 17.9 Å². The van der Waals surface area contributed by atoms with Crippen LogP contribution in [0.15, 0.2) is 11.6 Å². The Morgan fingerprint density at radius 1 is 1.21 bits per heavy atom. The average Bonchev–Trinajstić information content (AvgIpc) is 3.03. The van der Waals surface area contributed by atoms with E-state index in [9.17, 15) is 9.59 Å². The highest BCUT2D eigenvalue weighted by Crippen LogP contribution is 2.65. The van der Waals surface area contributed by atoms with E-state index in [2.05, 4.69) is 13.8 Å². The lowest BCUT2D eigenvalue weighted by molar-refractivity contribution is -0.159. The third kappa shape index (κ3) is 2.16. The van der Waals surface area contributed by atoms with Crippen LogP contribution in [0.4, 0.5) is 0 Å². The third-order valence-electron chi connectivity index (χ3n) is 8.09. The zero-order valence-corrected chi connectivity index (χ0v) is 15.3. The largest absolute Gasteiger partial charge is 0.462 e. The van der Waals surface area contributed by atoms with Crippen LogP contribution in [0.1, 0.15) is 72.1 Å². The van der Waals surface area contributed by atoms with Crippen molar-refractivity contribution in [1.29, 1.82) is 0 Å². The van der Waals surface area contributed by atoms with E-state index in [-0.39, 0.29) is 22.9 Å². The second-order valence-corrected chi connectivity index (χ2v) is 9.10. The van der Waals surface area contributed by atoms with Gasteiger partial charge in [0.2, 0.25) is 0 Å². The van der Waals surface area contributed by atoms with E-state index in [0.717, 1.165) is 25.7 Å². The smallest absolute Gasteiger partial charge is 0.305 e. The molecule has 132 valence electrons. The van der Waals surface area contributed by atoms with Gasteiger partial charge in [0.05, 0.1) is 0 Å². The van der Waals surface area contributed by atoms with Gasteiger partial charge in [-0.05, 0) is 67.8 Å². The normalized spacial score (nSPS) is 46.8. The quantitative estimate of drug-likeness (QED) is 0.703. The summed E-state index contributed by atoms with van der Waals surface area (Å²) < 4.78 is 5.84. The van der Waals surface area contributed by atoms with E-state index in [0.29, 0.717) is 30.0 Å². The lowest BCUT2D eigenvalue weighted by Crippen LogP contribution is -2.50. The van der Waals surface area contributed by atoms with Crippen LogP contribution in [0.5, 0.6) is 0 Å². The number of carbonyl (C=O) groups is 2. The Bertz CT molecular complexity index is 606. The fraction of sp³-hybridized carbons (Fsp3) is 0.810. The molecule has 0 aromatic heterocycles. The van der Waals surface area contributed by atoms with Crippen LogP contribution in [0, 0.1) is 28.6 Å². The maximum absolute atomic E-state index is 12.1. The summed E-state index contributed by atoms with van der Waals surface area (Å²) >= 11 is 0. The fourth-order valence-corrected chi connectivity index (χ4v) is 6.80. The molecular formula is C21H30O3. The highest BCUT2D eigenvalue weighted by Gasteiger charge is 2.60. The molecule has 0 N–H and O–H groups in total. The number of allylic oxidation sites excluding steroid dienone is 2. The van der Waals surface area contributed by atoms with E-state index in [4.69, 9.17) is 4.74 Å². The molecule has 0 heterocycles. The summed E-state index contributed by atoms with van der Waals surface area (Å²) in [6, 6.07) is 0. The van der Waals surface area contributed by atoms with Gasteiger partial charge >= 0.3 is 5.97 Å². The van der Waals surface area contributed by atoms with Crippen molar-refractivity contribution < 1.29 is 14.3 Å². The molecule has 0 aromatic carbocycles. The topological polar surface area (TPSA) is 43.4 Å². The summed E-state index contributed by atoms with van der Waals surface area (Å²) in [5, 5.41) is 0. The second-order valence-electron chi connectivity index (χ2n) is 9.10. The summed E-state index contributed by atoms with van der Waals surface area (Å²) in [5.74, 6) is 2.28. The summed E-state index contributed by atoms with van der Waals surface area (Å²) in [6.45, 7) is 6.58. The predicted molar refractivity (Wildman–Crippen MR) is 92.3 cm³/mol. The molecule has 0 saturated heterocycles. The van der Waals surface area contributed by atoms with Crippen molar-refractivity contribution in [3.8, 4) is 0 Å². The molecule has 0 aromatic rings. The molecule has 0 radical (unpaired) electrons. The van der Waals surface area contributed by atoms with Gasteiger partial charge in [-0.1, -0.05) is 26.3 Å². The number of esters is 1. The molecule has 4 aliphatic rings. The molecule has 3 fully saturated rings. The number of hydrogen-bond donors (Lipinski definition) is 0. The molecule has 6 atom stereocenters. The Morgan fingerprint density at radius 3 is 2.75 bits per heavy atom. The monoisotopic (exact) mass is 330 g/mol. The summed E-state index contributed by atoms with van der Waals surface area (Å²) in [4.78, 5) is 23.9. The molecule has 4 rings (SSSR count). The van der Waals surface area contributed by atoms with Crippen LogP contribution in [-0.2, 0) is 14.3 Å². The Labute approximate surface area is 145 Å². The maximum Gasteiger partial charge on any atom is 0.305 e. The van der Waals surface area contributed by atoms with Crippen LogP contribution in [0.25, 0.3) is 0 Å². The standard InChI is InChI=1S/C21H30O3/c1-4-19(23)24-18-8-7-16-15-6-5-13-11-14(22)12-21(13,3)17(15)9-10-20(16,18)2/h11,15-18H,4-10,12H2,1-3H3/t15-,16+,17-,18-,20+,21-/m1/s1. The van der Waals surface area contributed by atoms with Gasteiger partial charge in [-0.2, -0.15) is 0 Å². The van der Waals surface area contributed by atoms with Crippen molar-refractivity contribution >= 4 is 11.8 Å². The molecule has 0 bridgehead atoms. The molecule has 3 heteroatoms. The number of carbonyl (C=O) groups excluding carboxylic acids is 2. The zero-order chi connectivity index (χ0) is 17.1. The van der Waals surface area contributed by atoms with E-state index in [1.165, 1.54) is 24.8 Å². The van der Waals surface area contributed by atoms with Crippen LogP contribution in [0.3, 0.4) is 0 Å². The molecule has 0 unspecified atom stereocenters. The maximum atomic E-state index is 12.1. The summed E-state index contributed by atoms with van der Waals surface area (Å²) in [6.07, 6.45) is 10.1. The van der Waals surface area contributed by atoms with Crippen molar-refractivity contribution in [3.63, 3.8) is 0 Å². The van der Waals surface area contributed by atoms with Crippen LogP contribution in [0.2, 0.25) is 0 Å². The number of hydrogen-bond acceptors (Lipinski definition) is 3. The van der Waals surface area contributed by atoms with Gasteiger partial charge in [0.15, 0.2) is 5.78 Å². The van der Waals surface area contributed by atoms with Crippen molar-refractivity contribution in [1.82, 2.24) is 0 Å². The molecule has 3 nitrogen and oxygen atoms in total. The lowest BCUT2D eigenvalue weighted by Gasteiger charge is -2.55. The lowest BCUT2D eigenvalue weighted by atomic mass is 9.49. The number of ether oxygens (including phenoxy) is 1. The van der Waals surface area contributed by atoms with E-state index < -0.39 is 0 Å². The first-order valence-corrected chi connectivity index (χ1v) is 9.82. The highest BCUT2D eigenvalue weighted by atomic mass is 16.5. The zero-order valence-electron chi connectivity index (χ0n) is 15.3. The molecule has 0 amide bonds. The minimum absolute atomic E-state index is 0.0498. The van der Waals surface area contributed by atoms with Crippen LogP contribution < -0.4 is 0 Å². The van der Waals surface area contributed by atoms with Crippen LogP contribution >= 0.6 is 0 Å². The number of fused-ring (bicyclic) bond motifs is 5. The van der Waals surface area contributed by atoms with Crippen molar-refractivity contribution in [3.05, 3.63) is 11.6 Å². The minimum Gasteiger partial charge on any atom is -0.462 e.